The number of methoxy groups -OCH3 is 1. The van der Waals surface area contributed by atoms with E-state index in [1.54, 1.807) is 31.4 Å². The minimum absolute atomic E-state index is 0.277. The summed E-state index contributed by atoms with van der Waals surface area (Å²) < 4.78 is 5.19. The molecule has 1 unspecified atom stereocenters. The van der Waals surface area contributed by atoms with Crippen LogP contribution in [0.2, 0.25) is 0 Å². The smallest absolute Gasteiger partial charge is 0.275 e. The first-order chi connectivity index (χ1) is 11.0. The van der Waals surface area contributed by atoms with Gasteiger partial charge in [-0.3, -0.25) is 9.59 Å². The van der Waals surface area contributed by atoms with Crippen molar-refractivity contribution in [2.45, 2.75) is 12.6 Å². The van der Waals surface area contributed by atoms with Crippen LogP contribution in [0.5, 0.6) is 5.75 Å². The number of aryl methyl sites for hydroxylation is 1. The molecule has 2 amide bonds. The summed E-state index contributed by atoms with van der Waals surface area (Å²) in [5, 5.41) is 8.85. The lowest BCUT2D eigenvalue weighted by molar-refractivity contribution is -0.120. The highest BCUT2D eigenvalue weighted by Gasteiger charge is 2.51. The van der Waals surface area contributed by atoms with Crippen LogP contribution in [0, 0.1) is 6.92 Å². The molecule has 2 aromatic rings. The SMILES string of the molecule is COc1ccc2c(c1)NC(=O)C21NC(=O)c2cccc(C)c2N1. The van der Waals surface area contributed by atoms with Crippen LogP contribution >= 0.6 is 0 Å². The normalized spacial score (nSPS) is 21.1. The number of rotatable bonds is 1. The molecule has 1 spiro atoms. The lowest BCUT2D eigenvalue weighted by Gasteiger charge is -2.36. The number of hydrogen-bond acceptors (Lipinski definition) is 4. The van der Waals surface area contributed by atoms with E-state index in [0.717, 1.165) is 5.56 Å². The Kier molecular flexibility index (Phi) is 2.66. The molecule has 0 aliphatic carbocycles. The summed E-state index contributed by atoms with van der Waals surface area (Å²) in [6.45, 7) is 1.90. The Hall–Kier alpha value is -3.02. The molecular weight excluding hydrogens is 294 g/mol. The Morgan fingerprint density at radius 3 is 2.70 bits per heavy atom. The fourth-order valence-corrected chi connectivity index (χ4v) is 3.15. The second kappa shape index (κ2) is 4.49. The van der Waals surface area contributed by atoms with E-state index < -0.39 is 5.66 Å². The Morgan fingerprint density at radius 2 is 1.91 bits per heavy atom. The maximum absolute atomic E-state index is 12.6. The van der Waals surface area contributed by atoms with Crippen molar-refractivity contribution in [1.29, 1.82) is 0 Å². The number of ether oxygens (including phenoxy) is 1. The van der Waals surface area contributed by atoms with Crippen LogP contribution in [0.4, 0.5) is 11.4 Å². The molecular formula is C17H15N3O3. The van der Waals surface area contributed by atoms with Crippen molar-refractivity contribution in [2.75, 3.05) is 17.7 Å². The Bertz CT molecular complexity index is 862. The highest BCUT2D eigenvalue weighted by Crippen LogP contribution is 2.42. The van der Waals surface area contributed by atoms with E-state index in [4.69, 9.17) is 4.74 Å². The molecule has 6 heteroatoms. The third kappa shape index (κ3) is 1.75. The number of carbonyl (C=O) groups excluding carboxylic acids is 2. The van der Waals surface area contributed by atoms with Crippen molar-refractivity contribution >= 4 is 23.2 Å². The zero-order valence-corrected chi connectivity index (χ0v) is 12.7. The number of amides is 2. The molecule has 0 saturated carbocycles. The summed E-state index contributed by atoms with van der Waals surface area (Å²) in [7, 11) is 1.56. The highest BCUT2D eigenvalue weighted by atomic mass is 16.5. The molecule has 1 atom stereocenters. The standard InChI is InChI=1S/C17H15N3O3/c1-9-4-3-5-11-14(9)19-17(20-15(11)21)12-7-6-10(23-2)8-13(12)18-16(17)22/h3-8,19H,1-2H3,(H,18,22)(H,20,21). The van der Waals surface area contributed by atoms with Crippen molar-refractivity contribution < 1.29 is 14.3 Å². The van der Waals surface area contributed by atoms with Crippen LogP contribution in [-0.2, 0) is 10.5 Å². The molecule has 0 bridgehead atoms. The van der Waals surface area contributed by atoms with Gasteiger partial charge >= 0.3 is 0 Å². The topological polar surface area (TPSA) is 79.5 Å². The minimum Gasteiger partial charge on any atom is -0.497 e. The van der Waals surface area contributed by atoms with Gasteiger partial charge in [0.25, 0.3) is 11.8 Å². The maximum atomic E-state index is 12.6. The van der Waals surface area contributed by atoms with E-state index in [9.17, 15) is 9.59 Å². The van der Waals surface area contributed by atoms with Crippen LogP contribution < -0.4 is 20.7 Å². The summed E-state index contributed by atoms with van der Waals surface area (Å²) in [6.07, 6.45) is 0. The first-order valence-electron chi connectivity index (χ1n) is 7.25. The molecule has 2 heterocycles. The van der Waals surface area contributed by atoms with E-state index >= 15 is 0 Å². The summed E-state index contributed by atoms with van der Waals surface area (Å²) in [6, 6.07) is 10.7. The fourth-order valence-electron chi connectivity index (χ4n) is 3.15. The number of benzene rings is 2. The van der Waals surface area contributed by atoms with E-state index in [1.165, 1.54) is 0 Å². The van der Waals surface area contributed by atoms with Crippen LogP contribution in [-0.4, -0.2) is 18.9 Å². The third-order valence-corrected chi connectivity index (χ3v) is 4.35. The first kappa shape index (κ1) is 13.6. The molecule has 2 aliphatic heterocycles. The van der Waals surface area contributed by atoms with Crippen molar-refractivity contribution in [3.05, 3.63) is 53.1 Å². The van der Waals surface area contributed by atoms with Gasteiger partial charge in [0.15, 0.2) is 0 Å². The van der Waals surface area contributed by atoms with Gasteiger partial charge in [-0.25, -0.2) is 0 Å². The lowest BCUT2D eigenvalue weighted by atomic mass is 9.94. The molecule has 23 heavy (non-hydrogen) atoms. The van der Waals surface area contributed by atoms with E-state index in [0.29, 0.717) is 28.3 Å². The Balaban J connectivity index is 1.89. The van der Waals surface area contributed by atoms with Gasteiger partial charge in [0.1, 0.15) is 5.75 Å². The molecule has 0 radical (unpaired) electrons. The molecule has 0 aromatic heterocycles. The van der Waals surface area contributed by atoms with Crippen LogP contribution in [0.25, 0.3) is 0 Å². The van der Waals surface area contributed by atoms with Crippen LogP contribution in [0.3, 0.4) is 0 Å². The van der Waals surface area contributed by atoms with Crippen molar-refractivity contribution in [3.63, 3.8) is 0 Å². The first-order valence-corrected chi connectivity index (χ1v) is 7.25. The van der Waals surface area contributed by atoms with E-state index in [2.05, 4.69) is 16.0 Å². The molecule has 2 aromatic carbocycles. The largest absolute Gasteiger partial charge is 0.497 e. The van der Waals surface area contributed by atoms with Gasteiger partial charge < -0.3 is 20.7 Å². The van der Waals surface area contributed by atoms with Crippen LogP contribution in [0.15, 0.2) is 36.4 Å². The molecule has 6 nitrogen and oxygen atoms in total. The van der Waals surface area contributed by atoms with Gasteiger partial charge in [0.2, 0.25) is 5.66 Å². The van der Waals surface area contributed by atoms with E-state index in [1.807, 2.05) is 19.1 Å². The van der Waals surface area contributed by atoms with Gasteiger partial charge in [-0.05, 0) is 30.7 Å². The minimum atomic E-state index is -1.29. The average Bonchev–Trinajstić information content (AvgIpc) is 2.80. The zero-order valence-electron chi connectivity index (χ0n) is 12.7. The number of fused-ring (bicyclic) bond motifs is 3. The van der Waals surface area contributed by atoms with Gasteiger partial charge in [0.05, 0.1) is 24.0 Å². The summed E-state index contributed by atoms with van der Waals surface area (Å²) in [5.41, 5.74) is 2.12. The summed E-state index contributed by atoms with van der Waals surface area (Å²) >= 11 is 0. The van der Waals surface area contributed by atoms with Crippen molar-refractivity contribution in [3.8, 4) is 5.75 Å². The molecule has 116 valence electrons. The molecule has 0 fully saturated rings. The van der Waals surface area contributed by atoms with E-state index in [-0.39, 0.29) is 11.8 Å². The third-order valence-electron chi connectivity index (χ3n) is 4.35. The molecule has 4 rings (SSSR count). The number of anilines is 2. The van der Waals surface area contributed by atoms with Crippen molar-refractivity contribution in [2.24, 2.45) is 0 Å². The molecule has 0 saturated heterocycles. The predicted octanol–water partition coefficient (Wildman–Crippen LogP) is 1.96. The quantitative estimate of drug-likeness (QED) is 0.752. The van der Waals surface area contributed by atoms with Gasteiger partial charge in [-0.1, -0.05) is 12.1 Å². The Labute approximate surface area is 132 Å². The second-order valence-corrected chi connectivity index (χ2v) is 5.69. The number of hydrogen-bond donors (Lipinski definition) is 3. The number of carbonyl (C=O) groups is 2. The van der Waals surface area contributed by atoms with Crippen molar-refractivity contribution in [1.82, 2.24) is 5.32 Å². The van der Waals surface area contributed by atoms with Crippen LogP contribution in [0.1, 0.15) is 21.5 Å². The molecule has 3 N–H and O–H groups in total. The number of nitrogens with one attached hydrogen (secondary N) is 3. The second-order valence-electron chi connectivity index (χ2n) is 5.69. The number of para-hydroxylation sites is 1. The fraction of sp³-hybridized carbons (Fsp3) is 0.176. The summed E-state index contributed by atoms with van der Waals surface area (Å²) in [5.74, 6) is 0.0455. The maximum Gasteiger partial charge on any atom is 0.275 e. The lowest BCUT2D eigenvalue weighted by Crippen LogP contribution is -2.59. The van der Waals surface area contributed by atoms with Gasteiger partial charge in [-0.15, -0.1) is 0 Å². The zero-order chi connectivity index (χ0) is 16.2. The van der Waals surface area contributed by atoms with Gasteiger partial charge in [0, 0.05) is 11.6 Å². The Morgan fingerprint density at radius 1 is 1.09 bits per heavy atom. The highest BCUT2D eigenvalue weighted by molar-refractivity contribution is 6.14. The summed E-state index contributed by atoms with van der Waals surface area (Å²) in [4.78, 5) is 25.2. The molecule has 2 aliphatic rings. The monoisotopic (exact) mass is 309 g/mol. The average molecular weight is 309 g/mol. The predicted molar refractivity (Wildman–Crippen MR) is 85.6 cm³/mol. The van der Waals surface area contributed by atoms with Gasteiger partial charge in [-0.2, -0.15) is 0 Å².